The highest BCUT2D eigenvalue weighted by Gasteiger charge is 2.25. The number of ether oxygens (including phenoxy) is 2. The lowest BCUT2D eigenvalue weighted by Gasteiger charge is -2.20. The van der Waals surface area contributed by atoms with Crippen LogP contribution >= 0.6 is 11.8 Å². The molecule has 0 saturated carbocycles. The monoisotopic (exact) mass is 462 g/mol. The summed E-state index contributed by atoms with van der Waals surface area (Å²) in [7, 11) is 3.25. The number of amides is 1. The maximum absolute atomic E-state index is 13.4. The van der Waals surface area contributed by atoms with Gasteiger partial charge in [0.1, 0.15) is 17.5 Å². The molecular weight excluding hydrogens is 436 g/mol. The van der Waals surface area contributed by atoms with Gasteiger partial charge in [0.2, 0.25) is 5.91 Å². The van der Waals surface area contributed by atoms with Crippen molar-refractivity contribution in [3.63, 3.8) is 0 Å². The van der Waals surface area contributed by atoms with E-state index in [4.69, 9.17) is 14.5 Å². The minimum Gasteiger partial charge on any atom is -0.497 e. The molecule has 0 fully saturated rings. The third kappa shape index (κ3) is 4.96. The fourth-order valence-corrected chi connectivity index (χ4v) is 4.68. The molecule has 0 aliphatic heterocycles. The van der Waals surface area contributed by atoms with E-state index in [2.05, 4.69) is 16.4 Å². The molecule has 1 N–H and O–H groups in total. The van der Waals surface area contributed by atoms with Crippen molar-refractivity contribution < 1.29 is 14.3 Å². The molecule has 2 aromatic carbocycles. The Balaban J connectivity index is 1.66. The molecule has 0 radical (unpaired) electrons. The number of thioether (sulfide) groups is 1. The lowest BCUT2D eigenvalue weighted by molar-refractivity contribution is -0.119. The van der Waals surface area contributed by atoms with Crippen LogP contribution in [0.5, 0.6) is 11.5 Å². The van der Waals surface area contributed by atoms with Gasteiger partial charge in [-0.05, 0) is 42.3 Å². The van der Waals surface area contributed by atoms with Crippen LogP contribution in [0.15, 0.2) is 72.1 Å². The number of pyridine rings is 1. The van der Waals surface area contributed by atoms with Gasteiger partial charge in [-0.15, -0.1) is 0 Å². The van der Waals surface area contributed by atoms with E-state index in [-0.39, 0.29) is 5.91 Å². The van der Waals surface area contributed by atoms with Crippen molar-refractivity contribution in [2.24, 2.45) is 0 Å². The highest BCUT2D eigenvalue weighted by atomic mass is 32.2. The summed E-state index contributed by atoms with van der Waals surface area (Å²) in [6.07, 6.45) is 4.07. The maximum atomic E-state index is 13.4. The molecule has 0 aliphatic carbocycles. The fourth-order valence-electron chi connectivity index (χ4n) is 3.68. The number of methoxy groups -OCH3 is 2. The number of hydrogen-bond acceptors (Lipinski definition) is 6. The molecule has 170 valence electrons. The van der Waals surface area contributed by atoms with E-state index in [9.17, 15) is 4.79 Å². The maximum Gasteiger partial charge on any atom is 0.247 e. The van der Waals surface area contributed by atoms with Gasteiger partial charge in [0, 0.05) is 11.9 Å². The van der Waals surface area contributed by atoms with Crippen molar-refractivity contribution in [1.29, 1.82) is 0 Å². The van der Waals surface area contributed by atoms with E-state index < -0.39 is 6.04 Å². The van der Waals surface area contributed by atoms with Gasteiger partial charge in [0.25, 0.3) is 0 Å². The van der Waals surface area contributed by atoms with Crippen molar-refractivity contribution in [2.45, 2.75) is 30.3 Å². The Kier molecular flexibility index (Phi) is 7.14. The zero-order valence-electron chi connectivity index (χ0n) is 18.8. The minimum absolute atomic E-state index is 0.131. The smallest absolute Gasteiger partial charge is 0.247 e. The number of carbonyl (C=O) groups is 1. The Morgan fingerprint density at radius 1 is 1.12 bits per heavy atom. The first-order chi connectivity index (χ1) is 16.1. The number of nitrogens with zero attached hydrogens (tertiary/aromatic N) is 3. The summed E-state index contributed by atoms with van der Waals surface area (Å²) in [5.41, 5.74) is 3.38. The second-order valence-electron chi connectivity index (χ2n) is 7.38. The number of imidazole rings is 1. The minimum atomic E-state index is -0.461. The molecule has 0 saturated heterocycles. The second kappa shape index (κ2) is 10.4. The van der Waals surface area contributed by atoms with E-state index in [1.165, 1.54) is 0 Å². The fraction of sp³-hybridized carbons (Fsp3) is 0.240. The number of aromatic nitrogens is 3. The van der Waals surface area contributed by atoms with Crippen molar-refractivity contribution in [3.8, 4) is 11.5 Å². The van der Waals surface area contributed by atoms with Crippen LogP contribution in [0.1, 0.15) is 24.9 Å². The molecule has 4 rings (SSSR count). The molecule has 0 spiro atoms. The Morgan fingerprint density at radius 3 is 2.76 bits per heavy atom. The molecule has 33 heavy (non-hydrogen) atoms. The summed E-state index contributed by atoms with van der Waals surface area (Å²) in [5, 5.41) is 3.79. The predicted molar refractivity (Wildman–Crippen MR) is 131 cm³/mol. The van der Waals surface area contributed by atoms with Crippen LogP contribution in [0.2, 0.25) is 0 Å². The number of carbonyl (C=O) groups excluding carboxylic acids is 1. The van der Waals surface area contributed by atoms with Crippen LogP contribution in [-0.4, -0.2) is 34.7 Å². The van der Waals surface area contributed by atoms with E-state index in [0.717, 1.165) is 27.5 Å². The number of para-hydroxylation sites is 2. The molecule has 1 atom stereocenters. The molecule has 8 heteroatoms. The van der Waals surface area contributed by atoms with Gasteiger partial charge in [-0.1, -0.05) is 43.0 Å². The molecular formula is C25H26N4O3S. The van der Waals surface area contributed by atoms with Gasteiger partial charge in [-0.2, -0.15) is 0 Å². The number of rotatable bonds is 9. The SMILES string of the molecule is CCC(C(=O)Nc1ccccc1OC)n1c(SCc2cccc(OC)c2)nc2ccncc21. The van der Waals surface area contributed by atoms with Crippen LogP contribution in [0.3, 0.4) is 0 Å². The van der Waals surface area contributed by atoms with E-state index in [0.29, 0.717) is 23.6 Å². The van der Waals surface area contributed by atoms with Crippen molar-refractivity contribution in [1.82, 2.24) is 14.5 Å². The molecule has 0 bridgehead atoms. The van der Waals surface area contributed by atoms with Crippen molar-refractivity contribution in [2.75, 3.05) is 19.5 Å². The van der Waals surface area contributed by atoms with Crippen LogP contribution in [0.4, 0.5) is 5.69 Å². The molecule has 7 nitrogen and oxygen atoms in total. The first-order valence-corrected chi connectivity index (χ1v) is 11.6. The summed E-state index contributed by atoms with van der Waals surface area (Å²) >= 11 is 1.58. The molecule has 1 unspecified atom stereocenters. The third-order valence-electron chi connectivity index (χ3n) is 5.33. The van der Waals surface area contributed by atoms with E-state index >= 15 is 0 Å². The first-order valence-electron chi connectivity index (χ1n) is 10.7. The average Bonchev–Trinajstić information content (AvgIpc) is 3.22. The van der Waals surface area contributed by atoms with Gasteiger partial charge in [0.15, 0.2) is 5.16 Å². The Hall–Kier alpha value is -3.52. The third-order valence-corrected chi connectivity index (χ3v) is 6.35. The van der Waals surface area contributed by atoms with Gasteiger partial charge < -0.3 is 19.4 Å². The number of anilines is 1. The van der Waals surface area contributed by atoms with E-state index in [1.807, 2.05) is 60.0 Å². The highest BCUT2D eigenvalue weighted by Crippen LogP contribution is 2.33. The van der Waals surface area contributed by atoms with Crippen LogP contribution < -0.4 is 14.8 Å². The molecule has 0 aliphatic rings. The lowest BCUT2D eigenvalue weighted by Crippen LogP contribution is -2.26. The molecule has 1 amide bonds. The summed E-state index contributed by atoms with van der Waals surface area (Å²) in [6.45, 7) is 1.99. The van der Waals surface area contributed by atoms with Crippen LogP contribution in [-0.2, 0) is 10.5 Å². The van der Waals surface area contributed by atoms with Crippen molar-refractivity contribution >= 4 is 34.4 Å². The topological polar surface area (TPSA) is 78.3 Å². The van der Waals surface area contributed by atoms with Gasteiger partial charge >= 0.3 is 0 Å². The average molecular weight is 463 g/mol. The molecule has 2 aromatic heterocycles. The zero-order chi connectivity index (χ0) is 23.2. The van der Waals surface area contributed by atoms with Crippen LogP contribution in [0, 0.1) is 0 Å². The summed E-state index contributed by atoms with van der Waals surface area (Å²) in [6, 6.07) is 16.7. The van der Waals surface area contributed by atoms with Gasteiger partial charge in [0.05, 0.1) is 37.1 Å². The standard InChI is InChI=1S/C25H26N4O3S/c1-4-21(24(30)27-20-10-5-6-11-23(20)32-3)29-22-15-26-13-12-19(22)28-25(29)33-16-17-8-7-9-18(14-17)31-2/h5-15,21H,4,16H2,1-3H3,(H,27,30). The molecule has 4 aromatic rings. The first kappa shape index (κ1) is 22.7. The predicted octanol–water partition coefficient (Wildman–Crippen LogP) is 5.33. The highest BCUT2D eigenvalue weighted by molar-refractivity contribution is 7.98. The van der Waals surface area contributed by atoms with Gasteiger partial charge in [-0.25, -0.2) is 4.98 Å². The normalized spacial score (nSPS) is 11.8. The Bertz CT molecular complexity index is 1260. The van der Waals surface area contributed by atoms with Gasteiger partial charge in [-0.3, -0.25) is 9.78 Å². The van der Waals surface area contributed by atoms with Crippen molar-refractivity contribution in [3.05, 3.63) is 72.6 Å². The Labute approximate surface area is 197 Å². The largest absolute Gasteiger partial charge is 0.497 e. The number of benzene rings is 2. The van der Waals surface area contributed by atoms with E-state index in [1.54, 1.807) is 38.4 Å². The summed E-state index contributed by atoms with van der Waals surface area (Å²) in [4.78, 5) is 22.5. The molecule has 2 heterocycles. The number of fused-ring (bicyclic) bond motifs is 1. The summed E-state index contributed by atoms with van der Waals surface area (Å²) < 4.78 is 12.7. The quantitative estimate of drug-likeness (QED) is 0.339. The number of hydrogen-bond donors (Lipinski definition) is 1. The summed E-state index contributed by atoms with van der Waals surface area (Å²) in [5.74, 6) is 1.99. The zero-order valence-corrected chi connectivity index (χ0v) is 19.6. The van der Waals surface area contributed by atoms with Crippen LogP contribution in [0.25, 0.3) is 11.0 Å². The Morgan fingerprint density at radius 2 is 1.97 bits per heavy atom. The second-order valence-corrected chi connectivity index (χ2v) is 8.33. The number of nitrogens with one attached hydrogen (secondary N) is 1. The lowest BCUT2D eigenvalue weighted by atomic mass is 10.2.